The maximum atomic E-state index is 12.5. The largest absolute Gasteiger partial charge is 0.368 e. The van der Waals surface area contributed by atoms with E-state index in [4.69, 9.17) is 5.73 Å². The van der Waals surface area contributed by atoms with Crippen LogP contribution in [0.4, 0.5) is 0 Å². The fraction of sp³-hybridized carbons (Fsp3) is 0.143. The van der Waals surface area contributed by atoms with E-state index >= 15 is 0 Å². The quantitative estimate of drug-likeness (QED) is 0.754. The average Bonchev–Trinajstić information content (AvgIpc) is 2.60. The van der Waals surface area contributed by atoms with Gasteiger partial charge >= 0.3 is 0 Å². The number of carbonyl (C=O) groups is 2. The molecule has 0 saturated carbocycles. The number of rotatable bonds is 5. The molecular formula is C21H20N2O2. The van der Waals surface area contributed by atoms with Crippen LogP contribution in [0.5, 0.6) is 0 Å². The van der Waals surface area contributed by atoms with Gasteiger partial charge in [-0.1, -0.05) is 60.2 Å². The highest BCUT2D eigenvalue weighted by Crippen LogP contribution is 2.16. The molecule has 4 nitrogen and oxygen atoms in total. The first-order chi connectivity index (χ1) is 12.0. The van der Waals surface area contributed by atoms with Gasteiger partial charge in [0.2, 0.25) is 5.91 Å². The minimum atomic E-state index is -0.749. The van der Waals surface area contributed by atoms with E-state index < -0.39 is 11.9 Å². The number of primary amides is 1. The number of fused-ring (bicyclic) bond motifs is 1. The number of nitrogens with two attached hydrogens (primary N) is 1. The molecule has 3 aromatic rings. The summed E-state index contributed by atoms with van der Waals surface area (Å²) in [7, 11) is 0. The molecule has 3 N–H and O–H groups in total. The van der Waals surface area contributed by atoms with Crippen LogP contribution in [-0.2, 0) is 11.2 Å². The zero-order valence-corrected chi connectivity index (χ0v) is 14.0. The van der Waals surface area contributed by atoms with Gasteiger partial charge in [-0.3, -0.25) is 9.59 Å². The highest BCUT2D eigenvalue weighted by Gasteiger charge is 2.19. The Labute approximate surface area is 146 Å². The van der Waals surface area contributed by atoms with Gasteiger partial charge in [-0.2, -0.15) is 0 Å². The molecule has 4 heteroatoms. The minimum Gasteiger partial charge on any atom is -0.368 e. The highest BCUT2D eigenvalue weighted by atomic mass is 16.2. The lowest BCUT2D eigenvalue weighted by atomic mass is 10.0. The van der Waals surface area contributed by atoms with E-state index in [1.165, 1.54) is 0 Å². The Hall–Kier alpha value is -3.14. The van der Waals surface area contributed by atoms with Gasteiger partial charge in [0.05, 0.1) is 0 Å². The Balaban J connectivity index is 1.78. The van der Waals surface area contributed by atoms with Gasteiger partial charge in [0.1, 0.15) is 6.04 Å². The zero-order chi connectivity index (χ0) is 17.8. The molecule has 1 atom stereocenters. The van der Waals surface area contributed by atoms with Crippen LogP contribution in [0.3, 0.4) is 0 Å². The first kappa shape index (κ1) is 16.7. The second-order valence-electron chi connectivity index (χ2n) is 6.18. The van der Waals surface area contributed by atoms with Crippen LogP contribution < -0.4 is 11.1 Å². The summed E-state index contributed by atoms with van der Waals surface area (Å²) in [4.78, 5) is 24.3. The lowest BCUT2D eigenvalue weighted by Crippen LogP contribution is -2.45. The van der Waals surface area contributed by atoms with Gasteiger partial charge in [0, 0.05) is 12.0 Å². The number of hydrogen-bond donors (Lipinski definition) is 2. The van der Waals surface area contributed by atoms with Crippen LogP contribution in [0.2, 0.25) is 0 Å². The normalized spacial score (nSPS) is 11.9. The third-order valence-electron chi connectivity index (χ3n) is 4.18. The summed E-state index contributed by atoms with van der Waals surface area (Å²) in [6, 6.07) is 20.3. The van der Waals surface area contributed by atoms with Gasteiger partial charge in [0.15, 0.2) is 0 Å². The summed E-state index contributed by atoms with van der Waals surface area (Å²) in [5, 5.41) is 4.79. The van der Waals surface area contributed by atoms with E-state index in [-0.39, 0.29) is 5.91 Å². The van der Waals surface area contributed by atoms with Crippen LogP contribution in [-0.4, -0.2) is 17.9 Å². The number of amides is 2. The van der Waals surface area contributed by atoms with Gasteiger partial charge < -0.3 is 11.1 Å². The summed E-state index contributed by atoms with van der Waals surface area (Å²) in [5.41, 5.74) is 8.05. The van der Waals surface area contributed by atoms with Gasteiger partial charge in [-0.25, -0.2) is 0 Å². The fourth-order valence-electron chi connectivity index (χ4n) is 2.87. The van der Waals surface area contributed by atoms with Crippen LogP contribution in [0.15, 0.2) is 66.7 Å². The van der Waals surface area contributed by atoms with Crippen molar-refractivity contribution in [1.29, 1.82) is 0 Å². The van der Waals surface area contributed by atoms with Gasteiger partial charge in [-0.15, -0.1) is 0 Å². The Morgan fingerprint density at radius 2 is 1.72 bits per heavy atom. The molecule has 0 fully saturated rings. The molecule has 126 valence electrons. The summed E-state index contributed by atoms with van der Waals surface area (Å²) < 4.78 is 0. The third-order valence-corrected chi connectivity index (χ3v) is 4.18. The minimum absolute atomic E-state index is 0.304. The Morgan fingerprint density at radius 1 is 0.960 bits per heavy atom. The standard InChI is InChI=1S/C21H20N2O2/c1-14-5-4-6-15(11-14)12-19(20(22)24)23-21(25)18-10-9-16-7-2-3-8-17(16)13-18/h2-11,13,19H,12H2,1H3,(H2,22,24)(H,23,25)/t19-/m0/s1. The summed E-state index contributed by atoms with van der Waals surface area (Å²) in [5.74, 6) is -0.849. The maximum Gasteiger partial charge on any atom is 0.251 e. The van der Waals surface area contributed by atoms with Crippen LogP contribution in [0.1, 0.15) is 21.5 Å². The molecule has 0 radical (unpaired) electrons. The third kappa shape index (κ3) is 4.04. The molecule has 0 aliphatic rings. The Morgan fingerprint density at radius 3 is 2.44 bits per heavy atom. The van der Waals surface area contributed by atoms with Crippen LogP contribution in [0, 0.1) is 6.92 Å². The second kappa shape index (κ2) is 7.18. The summed E-state index contributed by atoms with van der Waals surface area (Å²) in [6.45, 7) is 1.98. The number of carbonyl (C=O) groups excluding carboxylic acids is 2. The first-order valence-corrected chi connectivity index (χ1v) is 8.17. The smallest absolute Gasteiger partial charge is 0.251 e. The molecule has 0 aliphatic heterocycles. The van der Waals surface area contributed by atoms with Crippen molar-refractivity contribution in [2.45, 2.75) is 19.4 Å². The molecule has 0 unspecified atom stereocenters. The zero-order valence-electron chi connectivity index (χ0n) is 14.0. The van der Waals surface area contributed by atoms with Crippen molar-refractivity contribution in [1.82, 2.24) is 5.32 Å². The number of benzene rings is 3. The lowest BCUT2D eigenvalue weighted by molar-refractivity contribution is -0.119. The molecule has 2 amide bonds. The van der Waals surface area contributed by atoms with E-state index in [2.05, 4.69) is 5.32 Å². The number of hydrogen-bond acceptors (Lipinski definition) is 2. The number of nitrogens with one attached hydrogen (secondary N) is 1. The lowest BCUT2D eigenvalue weighted by Gasteiger charge is -2.16. The molecule has 0 heterocycles. The molecule has 3 aromatic carbocycles. The molecule has 0 bridgehead atoms. The summed E-state index contributed by atoms with van der Waals surface area (Å²) in [6.07, 6.45) is 0.371. The average molecular weight is 332 g/mol. The van der Waals surface area contributed by atoms with Crippen molar-refractivity contribution in [2.75, 3.05) is 0 Å². The Kier molecular flexibility index (Phi) is 4.80. The van der Waals surface area contributed by atoms with E-state index in [0.29, 0.717) is 12.0 Å². The first-order valence-electron chi connectivity index (χ1n) is 8.17. The Bertz CT molecular complexity index is 934. The topological polar surface area (TPSA) is 72.2 Å². The van der Waals surface area contributed by atoms with Crippen LogP contribution in [0.25, 0.3) is 10.8 Å². The van der Waals surface area contributed by atoms with Crippen molar-refractivity contribution in [3.63, 3.8) is 0 Å². The predicted octanol–water partition coefficient (Wildman–Crippen LogP) is 2.97. The summed E-state index contributed by atoms with van der Waals surface area (Å²) >= 11 is 0. The van der Waals surface area contributed by atoms with E-state index in [9.17, 15) is 9.59 Å². The van der Waals surface area contributed by atoms with Crippen molar-refractivity contribution in [2.24, 2.45) is 5.73 Å². The van der Waals surface area contributed by atoms with Crippen molar-refractivity contribution < 1.29 is 9.59 Å². The molecule has 0 spiro atoms. The van der Waals surface area contributed by atoms with Crippen molar-refractivity contribution >= 4 is 22.6 Å². The maximum absolute atomic E-state index is 12.5. The molecule has 25 heavy (non-hydrogen) atoms. The van der Waals surface area contributed by atoms with E-state index in [1.54, 1.807) is 6.07 Å². The number of aryl methyl sites for hydroxylation is 1. The molecule has 0 saturated heterocycles. The van der Waals surface area contributed by atoms with Gasteiger partial charge in [0.25, 0.3) is 5.91 Å². The molecular weight excluding hydrogens is 312 g/mol. The van der Waals surface area contributed by atoms with E-state index in [1.807, 2.05) is 67.6 Å². The molecule has 0 aliphatic carbocycles. The predicted molar refractivity (Wildman–Crippen MR) is 99.3 cm³/mol. The monoisotopic (exact) mass is 332 g/mol. The molecule has 3 rings (SSSR count). The van der Waals surface area contributed by atoms with Gasteiger partial charge in [-0.05, 0) is 35.4 Å². The van der Waals surface area contributed by atoms with Crippen molar-refractivity contribution in [3.05, 3.63) is 83.4 Å². The van der Waals surface area contributed by atoms with E-state index in [0.717, 1.165) is 21.9 Å². The molecule has 0 aromatic heterocycles. The van der Waals surface area contributed by atoms with Crippen LogP contribution >= 0.6 is 0 Å². The second-order valence-corrected chi connectivity index (χ2v) is 6.18. The SMILES string of the molecule is Cc1cccc(C[C@H](NC(=O)c2ccc3ccccc3c2)C(N)=O)c1. The van der Waals surface area contributed by atoms with Crippen molar-refractivity contribution in [3.8, 4) is 0 Å². The highest BCUT2D eigenvalue weighted by molar-refractivity contribution is 6.00. The fourth-order valence-corrected chi connectivity index (χ4v) is 2.87.